The van der Waals surface area contributed by atoms with Crippen LogP contribution in [0.3, 0.4) is 0 Å². The Labute approximate surface area is 200 Å². The second kappa shape index (κ2) is 11.8. The van der Waals surface area contributed by atoms with Gasteiger partial charge in [-0.15, -0.1) is 0 Å². The average molecular weight is 467 g/mol. The van der Waals surface area contributed by atoms with Gasteiger partial charge in [0.1, 0.15) is 5.82 Å². The Balaban J connectivity index is 2.01. The SMILES string of the molecule is COCCCN(C(=O)Nc1ccc(C)cc1C)C(C)c1nc2ccccc2c(=O)n1CCOC. The lowest BCUT2D eigenvalue weighted by Gasteiger charge is -2.31. The van der Waals surface area contributed by atoms with E-state index in [4.69, 9.17) is 14.5 Å². The molecule has 3 rings (SSSR count). The molecule has 34 heavy (non-hydrogen) atoms. The van der Waals surface area contributed by atoms with Gasteiger partial charge in [0, 0.05) is 33.1 Å². The molecular formula is C26H34N4O4. The number of urea groups is 1. The van der Waals surface area contributed by atoms with Gasteiger partial charge >= 0.3 is 6.03 Å². The van der Waals surface area contributed by atoms with Gasteiger partial charge in [0.15, 0.2) is 0 Å². The highest BCUT2D eigenvalue weighted by atomic mass is 16.5. The molecule has 1 atom stereocenters. The molecular weight excluding hydrogens is 432 g/mol. The smallest absolute Gasteiger partial charge is 0.322 e. The van der Waals surface area contributed by atoms with Crippen LogP contribution in [-0.4, -0.2) is 54.5 Å². The Hall–Kier alpha value is -3.23. The van der Waals surface area contributed by atoms with E-state index < -0.39 is 6.04 Å². The van der Waals surface area contributed by atoms with Crippen LogP contribution in [0.4, 0.5) is 10.5 Å². The van der Waals surface area contributed by atoms with Crippen LogP contribution in [0.15, 0.2) is 47.3 Å². The number of anilines is 1. The maximum atomic E-state index is 13.5. The third-order valence-corrected chi connectivity index (χ3v) is 5.88. The average Bonchev–Trinajstić information content (AvgIpc) is 2.82. The van der Waals surface area contributed by atoms with E-state index >= 15 is 0 Å². The van der Waals surface area contributed by atoms with Gasteiger partial charge in [-0.3, -0.25) is 9.36 Å². The summed E-state index contributed by atoms with van der Waals surface area (Å²) in [4.78, 5) is 33.3. The van der Waals surface area contributed by atoms with Crippen LogP contribution in [0.25, 0.3) is 10.9 Å². The van der Waals surface area contributed by atoms with Crippen molar-refractivity contribution in [3.63, 3.8) is 0 Å². The lowest BCUT2D eigenvalue weighted by atomic mass is 10.1. The van der Waals surface area contributed by atoms with Crippen LogP contribution in [0.2, 0.25) is 0 Å². The minimum Gasteiger partial charge on any atom is -0.385 e. The molecule has 2 aromatic carbocycles. The van der Waals surface area contributed by atoms with Gasteiger partial charge in [0.2, 0.25) is 0 Å². The molecule has 2 amide bonds. The summed E-state index contributed by atoms with van der Waals surface area (Å²) in [6.07, 6.45) is 0.650. The third-order valence-electron chi connectivity index (χ3n) is 5.88. The van der Waals surface area contributed by atoms with Crippen LogP contribution in [0, 0.1) is 13.8 Å². The monoisotopic (exact) mass is 466 g/mol. The number of carbonyl (C=O) groups excluding carboxylic acids is 1. The molecule has 0 spiro atoms. The van der Waals surface area contributed by atoms with Gasteiger partial charge in [-0.2, -0.15) is 0 Å². The van der Waals surface area contributed by atoms with Gasteiger partial charge in [-0.05, 0) is 51.0 Å². The Morgan fingerprint density at radius 2 is 1.85 bits per heavy atom. The van der Waals surface area contributed by atoms with E-state index in [0.717, 1.165) is 16.8 Å². The minimum absolute atomic E-state index is 0.142. The number of nitrogens with zero attached hydrogens (tertiary/aromatic N) is 3. The fourth-order valence-electron chi connectivity index (χ4n) is 4.03. The van der Waals surface area contributed by atoms with Gasteiger partial charge in [0.25, 0.3) is 5.56 Å². The number of nitrogens with one attached hydrogen (secondary N) is 1. The van der Waals surface area contributed by atoms with Crippen molar-refractivity contribution in [2.75, 3.05) is 39.3 Å². The zero-order valence-electron chi connectivity index (χ0n) is 20.6. The van der Waals surface area contributed by atoms with Crippen molar-refractivity contribution < 1.29 is 14.3 Å². The molecule has 0 aliphatic heterocycles. The largest absolute Gasteiger partial charge is 0.385 e. The Morgan fingerprint density at radius 1 is 1.12 bits per heavy atom. The molecule has 8 heteroatoms. The molecule has 1 aromatic heterocycles. The minimum atomic E-state index is -0.461. The zero-order chi connectivity index (χ0) is 24.7. The summed E-state index contributed by atoms with van der Waals surface area (Å²) in [6, 6.07) is 12.5. The number of hydrogen-bond donors (Lipinski definition) is 1. The van der Waals surface area contributed by atoms with Crippen LogP contribution >= 0.6 is 0 Å². The summed E-state index contributed by atoms with van der Waals surface area (Å²) in [7, 11) is 3.23. The highest BCUT2D eigenvalue weighted by Crippen LogP contribution is 2.23. The van der Waals surface area contributed by atoms with Crippen LogP contribution in [0.1, 0.15) is 36.3 Å². The summed E-state index contributed by atoms with van der Waals surface area (Å²) in [5, 5.41) is 3.58. The second-order valence-corrected chi connectivity index (χ2v) is 8.40. The number of aromatic nitrogens is 2. The Morgan fingerprint density at radius 3 is 2.56 bits per heavy atom. The molecule has 0 radical (unpaired) electrons. The van der Waals surface area contributed by atoms with Crippen LogP contribution in [0.5, 0.6) is 0 Å². The van der Waals surface area contributed by atoms with Gasteiger partial charge < -0.3 is 19.7 Å². The molecule has 0 aliphatic carbocycles. The fraction of sp³-hybridized carbons (Fsp3) is 0.423. The van der Waals surface area contributed by atoms with E-state index in [-0.39, 0.29) is 11.6 Å². The van der Waals surface area contributed by atoms with Crippen molar-refractivity contribution in [2.45, 2.75) is 39.8 Å². The van der Waals surface area contributed by atoms with E-state index in [1.54, 1.807) is 29.8 Å². The lowest BCUT2D eigenvalue weighted by Crippen LogP contribution is -2.41. The number of carbonyl (C=O) groups is 1. The Kier molecular flexibility index (Phi) is 8.79. The van der Waals surface area contributed by atoms with Crippen molar-refractivity contribution in [1.29, 1.82) is 0 Å². The molecule has 0 saturated heterocycles. The number of rotatable bonds is 10. The van der Waals surface area contributed by atoms with Crippen molar-refractivity contribution in [3.05, 3.63) is 69.8 Å². The quantitative estimate of drug-likeness (QED) is 0.451. The molecule has 1 unspecified atom stereocenters. The molecule has 0 aliphatic rings. The van der Waals surface area contributed by atoms with Crippen molar-refractivity contribution in [1.82, 2.24) is 14.5 Å². The molecule has 0 bridgehead atoms. The molecule has 1 heterocycles. The van der Waals surface area contributed by atoms with Crippen molar-refractivity contribution >= 4 is 22.6 Å². The number of amides is 2. The number of ether oxygens (including phenoxy) is 2. The number of fused-ring (bicyclic) bond motifs is 1. The highest BCUT2D eigenvalue weighted by molar-refractivity contribution is 5.90. The molecule has 1 N–H and O–H groups in total. The zero-order valence-corrected chi connectivity index (χ0v) is 20.6. The summed E-state index contributed by atoms with van der Waals surface area (Å²) in [5.41, 5.74) is 3.33. The van der Waals surface area contributed by atoms with E-state index in [2.05, 4.69) is 5.32 Å². The standard InChI is InChI=1S/C26H34N4O4/c1-18-11-12-22(19(2)17-18)28-26(32)29(13-8-15-33-4)20(3)24-27-23-10-7-6-9-21(23)25(31)30(24)14-16-34-5/h6-7,9-12,17,20H,8,13-16H2,1-5H3,(H,28,32). The van der Waals surface area contributed by atoms with E-state index in [1.807, 2.05) is 57.2 Å². The van der Waals surface area contributed by atoms with E-state index in [1.165, 1.54) is 0 Å². The molecule has 8 nitrogen and oxygen atoms in total. The summed E-state index contributed by atoms with van der Waals surface area (Å²) >= 11 is 0. The first-order chi connectivity index (χ1) is 16.4. The molecule has 182 valence electrons. The molecule has 3 aromatic rings. The predicted octanol–water partition coefficient (Wildman–Crippen LogP) is 4.29. The topological polar surface area (TPSA) is 85.7 Å². The Bertz CT molecular complexity index is 1190. The number of hydrogen-bond acceptors (Lipinski definition) is 5. The molecule has 0 fully saturated rings. The maximum absolute atomic E-state index is 13.5. The first-order valence-electron chi connectivity index (χ1n) is 11.5. The summed E-state index contributed by atoms with van der Waals surface area (Å²) in [6.45, 7) is 7.54. The van der Waals surface area contributed by atoms with Crippen molar-refractivity contribution in [2.24, 2.45) is 0 Å². The lowest BCUT2D eigenvalue weighted by molar-refractivity contribution is 0.155. The van der Waals surface area contributed by atoms with Crippen molar-refractivity contribution in [3.8, 4) is 0 Å². The maximum Gasteiger partial charge on any atom is 0.322 e. The number of para-hydroxylation sites is 1. The second-order valence-electron chi connectivity index (χ2n) is 8.40. The van der Waals surface area contributed by atoms with Gasteiger partial charge in [0.05, 0.1) is 30.1 Å². The van der Waals surface area contributed by atoms with E-state index in [0.29, 0.717) is 49.5 Å². The number of aryl methyl sites for hydroxylation is 2. The summed E-state index contributed by atoms with van der Waals surface area (Å²) in [5.74, 6) is 0.522. The van der Waals surface area contributed by atoms with Gasteiger partial charge in [-0.1, -0.05) is 29.8 Å². The predicted molar refractivity (Wildman–Crippen MR) is 134 cm³/mol. The van der Waals surface area contributed by atoms with Crippen LogP contribution < -0.4 is 10.9 Å². The molecule has 0 saturated carbocycles. The van der Waals surface area contributed by atoms with E-state index in [9.17, 15) is 9.59 Å². The van der Waals surface area contributed by atoms with Gasteiger partial charge in [-0.25, -0.2) is 9.78 Å². The summed E-state index contributed by atoms with van der Waals surface area (Å²) < 4.78 is 12.1. The number of benzene rings is 2. The first-order valence-corrected chi connectivity index (χ1v) is 11.5. The van der Waals surface area contributed by atoms with Crippen LogP contribution in [-0.2, 0) is 16.0 Å². The number of methoxy groups -OCH3 is 2. The fourth-order valence-corrected chi connectivity index (χ4v) is 4.03. The highest BCUT2D eigenvalue weighted by Gasteiger charge is 2.26. The first kappa shape index (κ1) is 25.4. The third kappa shape index (κ3) is 5.81. The normalized spacial score (nSPS) is 12.0.